The van der Waals surface area contributed by atoms with E-state index in [1.54, 1.807) is 0 Å². The Morgan fingerprint density at radius 3 is 2.77 bits per heavy atom. The maximum Gasteiger partial charge on any atom is 0.138 e. The number of nitrogens with zero attached hydrogens (tertiary/aromatic N) is 3. The molecule has 3 aromatic heterocycles. The quantitative estimate of drug-likeness (QED) is 0.320. The van der Waals surface area contributed by atoms with Gasteiger partial charge in [0, 0.05) is 33.6 Å². The van der Waals surface area contributed by atoms with Crippen LogP contribution in [0.15, 0.2) is 90.1 Å². The van der Waals surface area contributed by atoms with Gasteiger partial charge in [0.15, 0.2) is 0 Å². The second kappa shape index (κ2) is 5.65. The van der Waals surface area contributed by atoms with Gasteiger partial charge in [0.1, 0.15) is 5.65 Å². The Hall–Kier alpha value is -3.37. The van der Waals surface area contributed by atoms with Crippen molar-refractivity contribution in [2.45, 2.75) is 22.0 Å². The van der Waals surface area contributed by atoms with Gasteiger partial charge >= 0.3 is 0 Å². The Bertz CT molecular complexity index is 1640. The molecule has 0 saturated carbocycles. The van der Waals surface area contributed by atoms with Gasteiger partial charge in [0.2, 0.25) is 0 Å². The van der Waals surface area contributed by atoms with Crippen LogP contribution in [0.1, 0.15) is 34.1 Å². The van der Waals surface area contributed by atoms with Crippen molar-refractivity contribution >= 4 is 39.3 Å². The molecule has 146 valence electrons. The molecular formula is C27H17N3S. The lowest BCUT2D eigenvalue weighted by atomic mass is 9.93. The van der Waals surface area contributed by atoms with Crippen LogP contribution in [0.2, 0.25) is 0 Å². The van der Waals surface area contributed by atoms with Crippen molar-refractivity contribution in [3.63, 3.8) is 0 Å². The van der Waals surface area contributed by atoms with Crippen LogP contribution in [0, 0.1) is 0 Å². The number of fused-ring (bicyclic) bond motifs is 10. The molecule has 2 aromatic carbocycles. The highest BCUT2D eigenvalue weighted by atomic mass is 32.2. The van der Waals surface area contributed by atoms with Crippen molar-refractivity contribution in [1.82, 2.24) is 14.4 Å². The van der Waals surface area contributed by atoms with E-state index in [4.69, 9.17) is 4.98 Å². The van der Waals surface area contributed by atoms with Gasteiger partial charge in [-0.25, -0.2) is 4.98 Å². The SMILES string of the molecule is C1=CC2Sc3c(ccc4c3[C@@H]4c3cccc4c3nc3ccc5ccncc5n34)C2C=C1. The molecule has 2 aliphatic carbocycles. The van der Waals surface area contributed by atoms with Crippen molar-refractivity contribution in [2.24, 2.45) is 0 Å². The van der Waals surface area contributed by atoms with Gasteiger partial charge in [-0.05, 0) is 46.5 Å². The minimum Gasteiger partial charge on any atom is -0.291 e. The molecule has 3 atom stereocenters. The molecule has 0 N–H and O–H groups in total. The Kier molecular flexibility index (Phi) is 2.98. The first-order chi connectivity index (χ1) is 15.4. The van der Waals surface area contributed by atoms with Gasteiger partial charge in [0.05, 0.1) is 22.7 Å². The van der Waals surface area contributed by atoms with Crippen LogP contribution in [0.25, 0.3) is 27.6 Å². The third kappa shape index (κ3) is 2.06. The maximum absolute atomic E-state index is 5.08. The van der Waals surface area contributed by atoms with E-state index in [0.29, 0.717) is 17.1 Å². The molecule has 8 rings (SSSR count). The normalized spacial score (nSPS) is 22.8. The zero-order chi connectivity index (χ0) is 20.1. The molecule has 0 bridgehead atoms. The standard InChI is InChI=1S/C27H17N3S/c1-2-7-22-16(4-1)17-9-10-18-24(25(18)27(17)31-22)19-5-3-6-20-26(19)29-23-11-8-15-12-13-28-14-21(15)30(20)23/h1-14,16,22,24H/t16?,22?,24-/m0/s1. The second-order valence-electron chi connectivity index (χ2n) is 8.59. The average Bonchev–Trinajstić information content (AvgIpc) is 3.23. The maximum atomic E-state index is 5.08. The summed E-state index contributed by atoms with van der Waals surface area (Å²) in [6, 6.07) is 17.6. The molecular weight excluding hydrogens is 398 g/mol. The summed E-state index contributed by atoms with van der Waals surface area (Å²) in [5, 5.41) is 1.72. The molecule has 1 aliphatic heterocycles. The van der Waals surface area contributed by atoms with Crippen LogP contribution in [0.5, 0.6) is 0 Å². The summed E-state index contributed by atoms with van der Waals surface area (Å²) in [5.74, 6) is 0.878. The molecule has 31 heavy (non-hydrogen) atoms. The van der Waals surface area contributed by atoms with E-state index in [2.05, 4.69) is 82.2 Å². The Morgan fingerprint density at radius 2 is 1.77 bits per heavy atom. The Balaban J connectivity index is 1.34. The van der Waals surface area contributed by atoms with E-state index in [-0.39, 0.29) is 0 Å². The van der Waals surface area contributed by atoms with Crippen LogP contribution in [0.4, 0.5) is 0 Å². The van der Waals surface area contributed by atoms with Crippen molar-refractivity contribution < 1.29 is 0 Å². The van der Waals surface area contributed by atoms with Crippen LogP contribution in [-0.4, -0.2) is 19.6 Å². The number of allylic oxidation sites excluding steroid dienone is 3. The molecule has 4 heterocycles. The number of benzene rings is 2. The van der Waals surface area contributed by atoms with Crippen LogP contribution in [-0.2, 0) is 0 Å². The summed E-state index contributed by atoms with van der Waals surface area (Å²) in [7, 11) is 0. The number of thioether (sulfide) groups is 1. The van der Waals surface area contributed by atoms with Crippen molar-refractivity contribution in [3.8, 4) is 0 Å². The highest BCUT2D eigenvalue weighted by Gasteiger charge is 2.44. The third-order valence-electron chi connectivity index (χ3n) is 7.01. The molecule has 0 amide bonds. The molecule has 4 heteroatoms. The summed E-state index contributed by atoms with van der Waals surface area (Å²) in [6.45, 7) is 0. The molecule has 2 unspecified atom stereocenters. The summed E-state index contributed by atoms with van der Waals surface area (Å²) < 4.78 is 2.25. The van der Waals surface area contributed by atoms with Crippen LogP contribution < -0.4 is 0 Å². The van der Waals surface area contributed by atoms with Gasteiger partial charge in [-0.3, -0.25) is 9.38 Å². The summed E-state index contributed by atoms with van der Waals surface area (Å²) in [6.07, 6.45) is 12.9. The average molecular weight is 416 g/mol. The molecule has 3 aliphatic rings. The number of hydrogen-bond donors (Lipinski definition) is 0. The van der Waals surface area contributed by atoms with Gasteiger partial charge in [-0.1, -0.05) is 48.6 Å². The molecule has 3 nitrogen and oxygen atoms in total. The second-order valence-corrected chi connectivity index (χ2v) is 9.77. The zero-order valence-corrected chi connectivity index (χ0v) is 17.4. The summed E-state index contributed by atoms with van der Waals surface area (Å²) in [5.41, 5.74) is 10.2. The number of pyridine rings is 2. The minimum atomic E-state index is 0.363. The van der Waals surface area contributed by atoms with E-state index < -0.39 is 0 Å². The molecule has 0 saturated heterocycles. The topological polar surface area (TPSA) is 30.2 Å². The largest absolute Gasteiger partial charge is 0.291 e. The van der Waals surface area contributed by atoms with Gasteiger partial charge < -0.3 is 0 Å². The lowest BCUT2D eigenvalue weighted by molar-refractivity contribution is 0.881. The molecule has 0 spiro atoms. The molecule has 0 radical (unpaired) electrons. The number of para-hydroxylation sites is 1. The summed E-state index contributed by atoms with van der Waals surface area (Å²) >= 11 is 2.04. The number of rotatable bonds is 1. The van der Waals surface area contributed by atoms with Crippen molar-refractivity contribution in [3.05, 3.63) is 107 Å². The Labute approximate surface area is 183 Å². The molecule has 0 fully saturated rings. The molecule has 5 aromatic rings. The van der Waals surface area contributed by atoms with E-state index in [1.807, 2.05) is 24.2 Å². The first kappa shape index (κ1) is 16.3. The van der Waals surface area contributed by atoms with E-state index in [1.165, 1.54) is 32.5 Å². The van der Waals surface area contributed by atoms with Gasteiger partial charge in [0.25, 0.3) is 0 Å². The fourth-order valence-corrected chi connectivity index (χ4v) is 7.08. The monoisotopic (exact) mass is 415 g/mol. The van der Waals surface area contributed by atoms with E-state index in [0.717, 1.165) is 22.2 Å². The highest BCUT2D eigenvalue weighted by Crippen LogP contribution is 2.60. The highest BCUT2D eigenvalue weighted by molar-refractivity contribution is 8.00. The van der Waals surface area contributed by atoms with Crippen molar-refractivity contribution in [2.75, 3.05) is 0 Å². The van der Waals surface area contributed by atoms with Crippen LogP contribution in [0.3, 0.4) is 0 Å². The Morgan fingerprint density at radius 1 is 0.839 bits per heavy atom. The predicted molar refractivity (Wildman–Crippen MR) is 126 cm³/mol. The number of hydrogen-bond acceptors (Lipinski definition) is 3. The van der Waals surface area contributed by atoms with E-state index >= 15 is 0 Å². The first-order valence-corrected chi connectivity index (χ1v) is 11.6. The smallest absolute Gasteiger partial charge is 0.138 e. The number of imidazole rings is 1. The summed E-state index contributed by atoms with van der Waals surface area (Å²) in [4.78, 5) is 10.9. The lowest BCUT2D eigenvalue weighted by Crippen LogP contribution is -2.06. The fourth-order valence-electron chi connectivity index (χ4n) is 5.56. The zero-order valence-electron chi connectivity index (χ0n) is 16.6. The minimum absolute atomic E-state index is 0.363. The number of aromatic nitrogens is 3. The fraction of sp³-hybridized carbons (Fsp3) is 0.111. The van der Waals surface area contributed by atoms with Crippen LogP contribution >= 0.6 is 11.8 Å². The van der Waals surface area contributed by atoms with Gasteiger partial charge in [-0.2, -0.15) is 0 Å². The predicted octanol–water partition coefficient (Wildman–Crippen LogP) is 6.21. The first-order valence-electron chi connectivity index (χ1n) is 10.7. The van der Waals surface area contributed by atoms with E-state index in [9.17, 15) is 0 Å². The van der Waals surface area contributed by atoms with Crippen molar-refractivity contribution in [1.29, 1.82) is 0 Å². The van der Waals surface area contributed by atoms with Gasteiger partial charge in [-0.15, -0.1) is 11.8 Å². The third-order valence-corrected chi connectivity index (χ3v) is 8.43. The lowest BCUT2D eigenvalue weighted by Gasteiger charge is -2.14.